The molecule has 0 aliphatic carbocycles. The van der Waals surface area contributed by atoms with Crippen LogP contribution >= 0.6 is 11.3 Å². The third kappa shape index (κ3) is 2.94. The molecule has 0 saturated carbocycles. The van der Waals surface area contributed by atoms with Gasteiger partial charge in [-0.3, -0.25) is 4.79 Å². The summed E-state index contributed by atoms with van der Waals surface area (Å²) in [6.45, 7) is 3.84. The highest BCUT2D eigenvalue weighted by Crippen LogP contribution is 2.32. The van der Waals surface area contributed by atoms with Crippen LogP contribution in [0.4, 0.5) is 0 Å². The van der Waals surface area contributed by atoms with E-state index in [1.807, 2.05) is 13.0 Å². The van der Waals surface area contributed by atoms with E-state index < -0.39 is 12.0 Å². The summed E-state index contributed by atoms with van der Waals surface area (Å²) in [4.78, 5) is 30.5. The molecular formula is C16H18N2O5S. The van der Waals surface area contributed by atoms with Gasteiger partial charge in [0, 0.05) is 20.1 Å². The molecule has 128 valence electrons. The SMILES string of the molecule is COC1CC(C(=O)O)N(C(=O)c2sc(-c3ccc(C)o3)nc2C)C1. The number of carbonyl (C=O) groups excluding carboxylic acids is 1. The summed E-state index contributed by atoms with van der Waals surface area (Å²) < 4.78 is 10.8. The molecule has 8 heteroatoms. The maximum absolute atomic E-state index is 12.8. The minimum Gasteiger partial charge on any atom is -0.480 e. The second-order valence-electron chi connectivity index (χ2n) is 5.75. The van der Waals surface area contributed by atoms with Gasteiger partial charge in [0.2, 0.25) is 0 Å². The molecule has 1 saturated heterocycles. The summed E-state index contributed by atoms with van der Waals surface area (Å²) in [7, 11) is 1.52. The van der Waals surface area contributed by atoms with Gasteiger partial charge in [0.05, 0.1) is 11.8 Å². The Kier molecular flexibility index (Phi) is 4.42. The lowest BCUT2D eigenvalue weighted by molar-refractivity contribution is -0.141. The first kappa shape index (κ1) is 16.7. The zero-order chi connectivity index (χ0) is 17.4. The normalized spacial score (nSPS) is 20.5. The van der Waals surface area contributed by atoms with Gasteiger partial charge in [-0.05, 0) is 26.0 Å². The molecule has 1 aliphatic rings. The number of aryl methyl sites for hydroxylation is 2. The number of furan rings is 1. The number of carboxylic acids is 1. The number of ether oxygens (including phenoxy) is 1. The van der Waals surface area contributed by atoms with Crippen molar-refractivity contribution in [3.05, 3.63) is 28.5 Å². The predicted octanol–water partition coefficient (Wildman–Crippen LogP) is 2.33. The van der Waals surface area contributed by atoms with Crippen molar-refractivity contribution in [3.63, 3.8) is 0 Å². The van der Waals surface area contributed by atoms with E-state index >= 15 is 0 Å². The lowest BCUT2D eigenvalue weighted by Crippen LogP contribution is -2.40. The fraction of sp³-hybridized carbons (Fsp3) is 0.438. The average Bonchev–Trinajstić information content (AvgIpc) is 3.24. The van der Waals surface area contributed by atoms with Crippen molar-refractivity contribution in [1.82, 2.24) is 9.88 Å². The molecule has 2 unspecified atom stereocenters. The first-order chi connectivity index (χ1) is 11.4. The van der Waals surface area contributed by atoms with Crippen molar-refractivity contribution in [2.24, 2.45) is 0 Å². The minimum atomic E-state index is -1.02. The van der Waals surface area contributed by atoms with E-state index in [2.05, 4.69) is 4.98 Å². The number of aromatic nitrogens is 1. The topological polar surface area (TPSA) is 92.9 Å². The number of rotatable bonds is 4. The van der Waals surface area contributed by atoms with Crippen LogP contribution in [-0.2, 0) is 9.53 Å². The number of likely N-dealkylation sites (tertiary alicyclic amines) is 1. The first-order valence-electron chi connectivity index (χ1n) is 7.51. The molecule has 7 nitrogen and oxygen atoms in total. The molecule has 1 amide bonds. The van der Waals surface area contributed by atoms with Gasteiger partial charge >= 0.3 is 5.97 Å². The van der Waals surface area contributed by atoms with Gasteiger partial charge in [0.1, 0.15) is 16.7 Å². The number of aliphatic carboxylic acids is 1. The van der Waals surface area contributed by atoms with Crippen LogP contribution < -0.4 is 0 Å². The second-order valence-corrected chi connectivity index (χ2v) is 6.75. The molecule has 2 aromatic heterocycles. The molecule has 1 N–H and O–H groups in total. The van der Waals surface area contributed by atoms with Gasteiger partial charge in [0.15, 0.2) is 10.8 Å². The second kappa shape index (κ2) is 6.37. The summed E-state index contributed by atoms with van der Waals surface area (Å²) in [6, 6.07) is 2.76. The zero-order valence-corrected chi connectivity index (χ0v) is 14.4. The third-order valence-electron chi connectivity index (χ3n) is 4.08. The highest BCUT2D eigenvalue weighted by molar-refractivity contribution is 7.17. The number of carbonyl (C=O) groups is 2. The number of methoxy groups -OCH3 is 1. The maximum atomic E-state index is 12.8. The van der Waals surface area contributed by atoms with Crippen LogP contribution in [0.25, 0.3) is 10.8 Å². The Bertz CT molecular complexity index is 781. The fourth-order valence-corrected chi connectivity index (χ4v) is 3.79. The Hall–Kier alpha value is -2.19. The number of carboxylic acid groups (broad SMARTS) is 1. The standard InChI is InChI=1S/C16H18N2O5S/c1-8-4-5-12(23-8)14-17-9(2)13(24-14)15(19)18-7-10(22-3)6-11(18)16(20)21/h4-5,10-11H,6-7H2,1-3H3,(H,20,21). The van der Waals surface area contributed by atoms with Crippen molar-refractivity contribution < 1.29 is 23.8 Å². The number of nitrogens with zero attached hydrogens (tertiary/aromatic N) is 2. The number of amides is 1. The van der Waals surface area contributed by atoms with Gasteiger partial charge in [-0.1, -0.05) is 0 Å². The van der Waals surface area contributed by atoms with Gasteiger partial charge in [-0.15, -0.1) is 11.3 Å². The molecule has 24 heavy (non-hydrogen) atoms. The van der Waals surface area contributed by atoms with E-state index in [1.165, 1.54) is 23.3 Å². The monoisotopic (exact) mass is 350 g/mol. The lowest BCUT2D eigenvalue weighted by Gasteiger charge is -2.20. The van der Waals surface area contributed by atoms with Crippen molar-refractivity contribution in [1.29, 1.82) is 0 Å². The summed E-state index contributed by atoms with van der Waals surface area (Å²) in [6.07, 6.45) is 0.0232. The van der Waals surface area contributed by atoms with Crippen LogP contribution in [-0.4, -0.2) is 52.7 Å². The van der Waals surface area contributed by atoms with Crippen molar-refractivity contribution in [3.8, 4) is 10.8 Å². The Morgan fingerprint density at radius 3 is 2.75 bits per heavy atom. The highest BCUT2D eigenvalue weighted by atomic mass is 32.1. The van der Waals surface area contributed by atoms with E-state index in [9.17, 15) is 14.7 Å². The molecule has 3 heterocycles. The molecule has 0 bridgehead atoms. The molecule has 2 aromatic rings. The largest absolute Gasteiger partial charge is 0.480 e. The third-order valence-corrected chi connectivity index (χ3v) is 5.24. The molecule has 2 atom stereocenters. The Labute approximate surface area is 142 Å². The van der Waals surface area contributed by atoms with Gasteiger partial charge < -0.3 is 19.2 Å². The van der Waals surface area contributed by atoms with Crippen LogP contribution in [0.1, 0.15) is 27.5 Å². The average molecular weight is 350 g/mol. The van der Waals surface area contributed by atoms with Crippen molar-refractivity contribution >= 4 is 23.2 Å². The van der Waals surface area contributed by atoms with Crippen LogP contribution in [0.15, 0.2) is 16.5 Å². The molecule has 3 rings (SSSR count). The summed E-state index contributed by atoms with van der Waals surface area (Å²) in [5, 5.41) is 9.98. The fourth-order valence-electron chi connectivity index (χ4n) is 2.81. The summed E-state index contributed by atoms with van der Waals surface area (Å²) >= 11 is 1.21. The Balaban J connectivity index is 1.89. The maximum Gasteiger partial charge on any atom is 0.326 e. The van der Waals surface area contributed by atoms with Gasteiger partial charge in [-0.2, -0.15) is 0 Å². The quantitative estimate of drug-likeness (QED) is 0.910. The number of hydrogen-bond acceptors (Lipinski definition) is 6. The lowest BCUT2D eigenvalue weighted by atomic mass is 10.2. The molecule has 1 fully saturated rings. The van der Waals surface area contributed by atoms with E-state index in [4.69, 9.17) is 9.15 Å². The molecule has 0 radical (unpaired) electrons. The number of hydrogen-bond donors (Lipinski definition) is 1. The van der Waals surface area contributed by atoms with E-state index in [0.717, 1.165) is 5.76 Å². The van der Waals surface area contributed by atoms with Crippen LogP contribution in [0.3, 0.4) is 0 Å². The van der Waals surface area contributed by atoms with Crippen molar-refractivity contribution in [2.45, 2.75) is 32.4 Å². The zero-order valence-electron chi connectivity index (χ0n) is 13.6. The smallest absolute Gasteiger partial charge is 0.326 e. The molecule has 1 aliphatic heterocycles. The van der Waals surface area contributed by atoms with Crippen LogP contribution in [0.2, 0.25) is 0 Å². The van der Waals surface area contributed by atoms with Gasteiger partial charge in [0.25, 0.3) is 5.91 Å². The molecular weight excluding hydrogens is 332 g/mol. The summed E-state index contributed by atoms with van der Waals surface area (Å²) in [5.74, 6) is 0.0169. The van der Waals surface area contributed by atoms with Crippen LogP contribution in [0.5, 0.6) is 0 Å². The van der Waals surface area contributed by atoms with E-state index in [-0.39, 0.29) is 18.6 Å². The Morgan fingerprint density at radius 2 is 2.17 bits per heavy atom. The van der Waals surface area contributed by atoms with E-state index in [1.54, 1.807) is 13.0 Å². The van der Waals surface area contributed by atoms with Gasteiger partial charge in [-0.25, -0.2) is 9.78 Å². The van der Waals surface area contributed by atoms with Crippen molar-refractivity contribution in [2.75, 3.05) is 13.7 Å². The molecule has 0 spiro atoms. The van der Waals surface area contributed by atoms with Crippen LogP contribution in [0, 0.1) is 13.8 Å². The van der Waals surface area contributed by atoms with E-state index in [0.29, 0.717) is 27.8 Å². The molecule has 0 aromatic carbocycles. The predicted molar refractivity (Wildman–Crippen MR) is 87.2 cm³/mol. The highest BCUT2D eigenvalue weighted by Gasteiger charge is 2.41. The summed E-state index contributed by atoms with van der Waals surface area (Å²) in [5.41, 5.74) is 0.569. The first-order valence-corrected chi connectivity index (χ1v) is 8.33. The number of thiazole rings is 1. The Morgan fingerprint density at radius 1 is 1.42 bits per heavy atom. The minimum absolute atomic E-state index is 0.263.